The first-order chi connectivity index (χ1) is 26.6. The highest BCUT2D eigenvalue weighted by Crippen LogP contribution is 2.33. The van der Waals surface area contributed by atoms with Crippen LogP contribution in [0.25, 0.3) is 0 Å². The molecule has 0 amide bonds. The maximum absolute atomic E-state index is 5.99. The quantitative estimate of drug-likeness (QED) is 0.0432. The van der Waals surface area contributed by atoms with Crippen molar-refractivity contribution in [3.63, 3.8) is 0 Å². The summed E-state index contributed by atoms with van der Waals surface area (Å²) in [4.78, 5) is 0. The second-order valence-corrected chi connectivity index (χ2v) is 16.4. The molecule has 4 rings (SSSR count). The summed E-state index contributed by atoms with van der Waals surface area (Å²) in [5.41, 5.74) is 22.4. The van der Waals surface area contributed by atoms with E-state index in [0.29, 0.717) is 11.8 Å². The van der Waals surface area contributed by atoms with E-state index in [4.69, 9.17) is 11.5 Å². The summed E-state index contributed by atoms with van der Waals surface area (Å²) in [7, 11) is 0. The summed E-state index contributed by atoms with van der Waals surface area (Å²) in [6.07, 6.45) is 31.9. The van der Waals surface area contributed by atoms with Gasteiger partial charge in [-0.15, -0.1) is 0 Å². The second kappa shape index (κ2) is 26.3. The third-order valence-electron chi connectivity index (χ3n) is 11.8. The first kappa shape index (κ1) is 43.2. The molecule has 2 heteroatoms. The van der Waals surface area contributed by atoms with Crippen molar-refractivity contribution in [2.45, 2.75) is 180 Å². The van der Waals surface area contributed by atoms with Gasteiger partial charge in [-0.05, 0) is 96.2 Å². The highest BCUT2D eigenvalue weighted by Gasteiger charge is 2.15. The summed E-state index contributed by atoms with van der Waals surface area (Å²) in [6, 6.07) is 36.3. The standard InChI is InChI=1S/C52H76N2/c1-3-5-7-21-25-51(47-35-39-49(53)40-36-47)45-31-27-43(28-32-45)23-19-17-15-13-11-9-10-12-14-16-18-20-24-44-29-33-46(34-30-44)52(26-22-8-6-4-2)48-37-41-50(54)42-38-48/h27-42,51-52H,3-26,53-54H2,1-2H3. The monoisotopic (exact) mass is 729 g/mol. The number of hydrogen-bond donors (Lipinski definition) is 2. The Hall–Kier alpha value is -3.52. The Labute approximate surface area is 332 Å². The molecule has 294 valence electrons. The zero-order chi connectivity index (χ0) is 38.1. The average molecular weight is 729 g/mol. The Kier molecular flexibility index (Phi) is 21.1. The van der Waals surface area contributed by atoms with Crippen molar-refractivity contribution < 1.29 is 0 Å². The molecule has 0 aliphatic rings. The number of aryl methyl sites for hydroxylation is 2. The van der Waals surface area contributed by atoms with Crippen LogP contribution in [0, 0.1) is 0 Å². The molecular weight excluding hydrogens is 653 g/mol. The van der Waals surface area contributed by atoms with Gasteiger partial charge in [0.1, 0.15) is 0 Å². The van der Waals surface area contributed by atoms with Crippen LogP contribution in [0.4, 0.5) is 11.4 Å². The molecule has 4 aromatic rings. The average Bonchev–Trinajstić information content (AvgIpc) is 3.20. The van der Waals surface area contributed by atoms with Gasteiger partial charge in [0.2, 0.25) is 0 Å². The van der Waals surface area contributed by atoms with Crippen LogP contribution in [0.5, 0.6) is 0 Å². The second-order valence-electron chi connectivity index (χ2n) is 16.4. The molecule has 4 aromatic carbocycles. The van der Waals surface area contributed by atoms with Crippen LogP contribution in [-0.2, 0) is 12.8 Å². The van der Waals surface area contributed by atoms with Crippen molar-refractivity contribution >= 4 is 11.4 Å². The van der Waals surface area contributed by atoms with E-state index in [1.165, 1.54) is 187 Å². The first-order valence-corrected chi connectivity index (χ1v) is 22.5. The maximum Gasteiger partial charge on any atom is 0.0314 e. The smallest absolute Gasteiger partial charge is 0.0314 e. The van der Waals surface area contributed by atoms with Gasteiger partial charge in [-0.1, -0.05) is 202 Å². The molecule has 0 aliphatic heterocycles. The van der Waals surface area contributed by atoms with Gasteiger partial charge < -0.3 is 11.5 Å². The summed E-state index contributed by atoms with van der Waals surface area (Å²) in [6.45, 7) is 4.58. The fourth-order valence-corrected chi connectivity index (χ4v) is 8.32. The molecule has 0 aromatic heterocycles. The molecule has 4 N–H and O–H groups in total. The summed E-state index contributed by atoms with van der Waals surface area (Å²) in [5, 5.41) is 0. The lowest BCUT2D eigenvalue weighted by Crippen LogP contribution is -2.02. The number of hydrogen-bond acceptors (Lipinski definition) is 2. The molecule has 0 heterocycles. The van der Waals surface area contributed by atoms with Crippen molar-refractivity contribution in [2.24, 2.45) is 0 Å². The molecule has 0 saturated carbocycles. The van der Waals surface area contributed by atoms with E-state index >= 15 is 0 Å². The Bertz CT molecular complexity index is 1370. The summed E-state index contributed by atoms with van der Waals surface area (Å²) >= 11 is 0. The fraction of sp³-hybridized carbons (Fsp3) is 0.538. The van der Waals surface area contributed by atoms with E-state index in [-0.39, 0.29) is 0 Å². The third kappa shape index (κ3) is 16.5. The Balaban J connectivity index is 1.01. The highest BCUT2D eigenvalue weighted by atomic mass is 14.5. The van der Waals surface area contributed by atoms with Crippen LogP contribution in [0.2, 0.25) is 0 Å². The normalized spacial score (nSPS) is 12.6. The minimum Gasteiger partial charge on any atom is -0.399 e. The van der Waals surface area contributed by atoms with Gasteiger partial charge in [-0.3, -0.25) is 0 Å². The van der Waals surface area contributed by atoms with E-state index in [2.05, 4.69) is 111 Å². The fourth-order valence-electron chi connectivity index (χ4n) is 8.32. The van der Waals surface area contributed by atoms with Gasteiger partial charge in [0.25, 0.3) is 0 Å². The maximum atomic E-state index is 5.99. The SMILES string of the molecule is CCCCCCC(c1ccc(N)cc1)c1ccc(CCCCCCCCCCCCCCc2ccc(C(CCCCCC)c3ccc(N)cc3)cc2)cc1. The molecular formula is C52H76N2. The minimum absolute atomic E-state index is 0.469. The molecule has 2 atom stereocenters. The van der Waals surface area contributed by atoms with Crippen molar-refractivity contribution in [1.82, 2.24) is 0 Å². The van der Waals surface area contributed by atoms with Gasteiger partial charge in [-0.2, -0.15) is 0 Å². The lowest BCUT2D eigenvalue weighted by Gasteiger charge is -2.19. The molecule has 2 unspecified atom stereocenters. The third-order valence-corrected chi connectivity index (χ3v) is 11.8. The number of anilines is 2. The van der Waals surface area contributed by atoms with Crippen LogP contribution >= 0.6 is 0 Å². The minimum atomic E-state index is 0.469. The predicted molar refractivity (Wildman–Crippen MR) is 239 cm³/mol. The summed E-state index contributed by atoms with van der Waals surface area (Å²) in [5.74, 6) is 0.937. The predicted octanol–water partition coefficient (Wildman–Crippen LogP) is 15.5. The van der Waals surface area contributed by atoms with Crippen molar-refractivity contribution in [3.8, 4) is 0 Å². The van der Waals surface area contributed by atoms with Gasteiger partial charge in [0, 0.05) is 23.2 Å². The van der Waals surface area contributed by atoms with Crippen molar-refractivity contribution in [1.29, 1.82) is 0 Å². The van der Waals surface area contributed by atoms with Crippen molar-refractivity contribution in [2.75, 3.05) is 11.5 Å². The molecule has 0 aliphatic carbocycles. The van der Waals surface area contributed by atoms with Gasteiger partial charge in [-0.25, -0.2) is 0 Å². The van der Waals surface area contributed by atoms with Crippen LogP contribution in [0.1, 0.15) is 200 Å². The lowest BCUT2D eigenvalue weighted by molar-refractivity contribution is 0.540. The summed E-state index contributed by atoms with van der Waals surface area (Å²) < 4.78 is 0. The largest absolute Gasteiger partial charge is 0.399 e. The number of nitrogens with two attached hydrogens (primary N) is 2. The number of benzene rings is 4. The zero-order valence-electron chi connectivity index (χ0n) is 34.5. The van der Waals surface area contributed by atoms with Gasteiger partial charge in [0.05, 0.1) is 0 Å². The van der Waals surface area contributed by atoms with Crippen LogP contribution in [0.15, 0.2) is 97.1 Å². The highest BCUT2D eigenvalue weighted by molar-refractivity contribution is 5.44. The van der Waals surface area contributed by atoms with Crippen LogP contribution in [0.3, 0.4) is 0 Å². The first-order valence-electron chi connectivity index (χ1n) is 22.5. The molecule has 0 saturated heterocycles. The lowest BCUT2D eigenvalue weighted by atomic mass is 9.86. The van der Waals surface area contributed by atoms with E-state index in [0.717, 1.165) is 11.4 Å². The number of nitrogen functional groups attached to an aromatic ring is 2. The molecule has 0 fully saturated rings. The van der Waals surface area contributed by atoms with E-state index < -0.39 is 0 Å². The van der Waals surface area contributed by atoms with Gasteiger partial charge in [0.15, 0.2) is 0 Å². The van der Waals surface area contributed by atoms with Crippen LogP contribution < -0.4 is 11.5 Å². The van der Waals surface area contributed by atoms with E-state index in [1.54, 1.807) is 0 Å². The number of unbranched alkanes of at least 4 members (excludes halogenated alkanes) is 17. The topological polar surface area (TPSA) is 52.0 Å². The molecule has 0 bridgehead atoms. The van der Waals surface area contributed by atoms with Gasteiger partial charge >= 0.3 is 0 Å². The van der Waals surface area contributed by atoms with Crippen LogP contribution in [-0.4, -0.2) is 0 Å². The zero-order valence-corrected chi connectivity index (χ0v) is 34.5. The molecule has 54 heavy (non-hydrogen) atoms. The Morgan fingerprint density at radius 2 is 0.574 bits per heavy atom. The van der Waals surface area contributed by atoms with E-state index in [9.17, 15) is 0 Å². The van der Waals surface area contributed by atoms with Crippen molar-refractivity contribution in [3.05, 3.63) is 130 Å². The molecule has 2 nitrogen and oxygen atoms in total. The molecule has 0 spiro atoms. The number of rotatable bonds is 29. The Morgan fingerprint density at radius 3 is 0.870 bits per heavy atom. The molecule has 0 radical (unpaired) electrons. The Morgan fingerprint density at radius 1 is 0.315 bits per heavy atom. The van der Waals surface area contributed by atoms with E-state index in [1.807, 2.05) is 0 Å².